The Labute approximate surface area is 74.9 Å². The molecular weight excluding hydrogens is 150 g/mol. The molecule has 2 heteroatoms. The van der Waals surface area contributed by atoms with Gasteiger partial charge in [0, 0.05) is 13.5 Å². The highest BCUT2D eigenvalue weighted by Crippen LogP contribution is 2.01. The molecule has 0 bridgehead atoms. The molecule has 0 rings (SSSR count). The lowest BCUT2D eigenvalue weighted by molar-refractivity contribution is -0.129. The van der Waals surface area contributed by atoms with Crippen LogP contribution in [0.3, 0.4) is 0 Å². The molecule has 0 aliphatic heterocycles. The van der Waals surface area contributed by atoms with Gasteiger partial charge < -0.3 is 4.90 Å². The van der Waals surface area contributed by atoms with Crippen molar-refractivity contribution in [1.29, 1.82) is 0 Å². The minimum Gasteiger partial charge on any atom is -0.335 e. The van der Waals surface area contributed by atoms with Crippen LogP contribution in [0.5, 0.6) is 0 Å². The van der Waals surface area contributed by atoms with Gasteiger partial charge in [0.25, 0.3) is 0 Å². The number of hydrogen-bond acceptors (Lipinski definition) is 1. The van der Waals surface area contributed by atoms with Gasteiger partial charge in [0.2, 0.25) is 5.91 Å². The van der Waals surface area contributed by atoms with Gasteiger partial charge in [-0.15, -0.1) is 6.42 Å². The predicted molar refractivity (Wildman–Crippen MR) is 50.6 cm³/mol. The molecule has 0 spiro atoms. The smallest absolute Gasteiger partial charge is 0.223 e. The van der Waals surface area contributed by atoms with Crippen LogP contribution in [0.15, 0.2) is 0 Å². The summed E-state index contributed by atoms with van der Waals surface area (Å²) in [6.45, 7) is 2.54. The molecule has 0 saturated heterocycles. The molecule has 0 aromatic rings. The van der Waals surface area contributed by atoms with Gasteiger partial charge in [-0.25, -0.2) is 0 Å². The molecule has 0 atom stereocenters. The van der Waals surface area contributed by atoms with E-state index >= 15 is 0 Å². The summed E-state index contributed by atoms with van der Waals surface area (Å²) in [5, 5.41) is 0. The normalized spacial score (nSPS) is 9.08. The first-order valence-corrected chi connectivity index (χ1v) is 4.39. The first-order valence-electron chi connectivity index (χ1n) is 4.39. The average molecular weight is 167 g/mol. The number of terminal acetylenes is 1. The largest absolute Gasteiger partial charge is 0.335 e. The van der Waals surface area contributed by atoms with Crippen LogP contribution in [0.1, 0.15) is 32.6 Å². The Kier molecular flexibility index (Phi) is 6.18. The molecule has 0 fully saturated rings. The predicted octanol–water partition coefficient (Wildman–Crippen LogP) is 1.66. The lowest BCUT2D eigenvalue weighted by Gasteiger charge is -2.12. The highest BCUT2D eigenvalue weighted by Gasteiger charge is 2.05. The van der Waals surface area contributed by atoms with Crippen LogP contribution < -0.4 is 0 Å². The number of unbranched alkanes of at least 4 members (excludes halogenated alkanes) is 2. The van der Waals surface area contributed by atoms with Crippen LogP contribution in [-0.4, -0.2) is 24.4 Å². The van der Waals surface area contributed by atoms with E-state index in [-0.39, 0.29) is 5.91 Å². The Hall–Kier alpha value is -0.970. The Bertz CT molecular complexity index is 169. The molecule has 0 unspecified atom stereocenters. The molecule has 0 aromatic carbocycles. The molecule has 0 heterocycles. The summed E-state index contributed by atoms with van der Waals surface area (Å²) in [6, 6.07) is 0. The second-order valence-corrected chi connectivity index (χ2v) is 2.91. The van der Waals surface area contributed by atoms with Crippen molar-refractivity contribution in [2.75, 3.05) is 13.6 Å². The van der Waals surface area contributed by atoms with Crippen molar-refractivity contribution in [3.05, 3.63) is 0 Å². The van der Waals surface area contributed by atoms with Crippen LogP contribution in [0.4, 0.5) is 0 Å². The third-order valence-corrected chi connectivity index (χ3v) is 1.75. The third-order valence-electron chi connectivity index (χ3n) is 1.75. The number of amides is 1. The summed E-state index contributed by atoms with van der Waals surface area (Å²) >= 11 is 0. The molecule has 12 heavy (non-hydrogen) atoms. The summed E-state index contributed by atoms with van der Waals surface area (Å²) in [7, 11) is 1.74. The van der Waals surface area contributed by atoms with Gasteiger partial charge >= 0.3 is 0 Å². The van der Waals surface area contributed by atoms with Crippen molar-refractivity contribution in [3.8, 4) is 12.3 Å². The van der Waals surface area contributed by atoms with Crippen LogP contribution in [0.25, 0.3) is 0 Å². The fraction of sp³-hybridized carbons (Fsp3) is 0.700. The van der Waals surface area contributed by atoms with E-state index in [1.165, 1.54) is 0 Å². The van der Waals surface area contributed by atoms with Gasteiger partial charge in [-0.05, 0) is 6.42 Å². The number of carbonyl (C=O) groups excluding carboxylic acids is 1. The number of hydrogen-bond donors (Lipinski definition) is 0. The van der Waals surface area contributed by atoms with Crippen LogP contribution in [0.2, 0.25) is 0 Å². The first kappa shape index (κ1) is 11.0. The molecule has 0 N–H and O–H groups in total. The Morgan fingerprint density at radius 3 is 2.67 bits per heavy atom. The second kappa shape index (κ2) is 6.72. The number of carbonyl (C=O) groups is 1. The van der Waals surface area contributed by atoms with Gasteiger partial charge in [-0.2, -0.15) is 0 Å². The lowest BCUT2D eigenvalue weighted by Crippen LogP contribution is -2.26. The van der Waals surface area contributed by atoms with E-state index < -0.39 is 0 Å². The molecule has 0 aromatic heterocycles. The van der Waals surface area contributed by atoms with E-state index in [1.807, 2.05) is 0 Å². The molecule has 0 aliphatic carbocycles. The van der Waals surface area contributed by atoms with Gasteiger partial charge in [0.05, 0.1) is 6.54 Å². The average Bonchev–Trinajstić information content (AvgIpc) is 2.05. The Balaban J connectivity index is 3.51. The van der Waals surface area contributed by atoms with Gasteiger partial charge in [0.15, 0.2) is 0 Å². The maximum Gasteiger partial charge on any atom is 0.223 e. The van der Waals surface area contributed by atoms with Crippen LogP contribution in [0, 0.1) is 12.3 Å². The standard InChI is InChI=1S/C10H17NO/c1-4-6-7-8-10(12)11(3)9-5-2/h2H,4,6-9H2,1,3H3. The van der Waals surface area contributed by atoms with E-state index in [9.17, 15) is 4.79 Å². The molecular formula is C10H17NO. The van der Waals surface area contributed by atoms with Gasteiger partial charge in [-0.3, -0.25) is 4.79 Å². The zero-order chi connectivity index (χ0) is 9.40. The van der Waals surface area contributed by atoms with Crippen LogP contribution >= 0.6 is 0 Å². The van der Waals surface area contributed by atoms with E-state index in [1.54, 1.807) is 11.9 Å². The third kappa shape index (κ3) is 4.79. The van der Waals surface area contributed by atoms with Crippen molar-refractivity contribution in [2.45, 2.75) is 32.6 Å². The van der Waals surface area contributed by atoms with E-state index in [4.69, 9.17) is 6.42 Å². The molecule has 2 nitrogen and oxygen atoms in total. The van der Waals surface area contributed by atoms with Crippen molar-refractivity contribution in [1.82, 2.24) is 4.90 Å². The minimum absolute atomic E-state index is 0.154. The zero-order valence-electron chi connectivity index (χ0n) is 7.97. The Morgan fingerprint density at radius 2 is 2.17 bits per heavy atom. The molecule has 0 saturated carbocycles. The fourth-order valence-corrected chi connectivity index (χ4v) is 0.942. The topological polar surface area (TPSA) is 20.3 Å². The van der Waals surface area contributed by atoms with Gasteiger partial charge in [0.1, 0.15) is 0 Å². The summed E-state index contributed by atoms with van der Waals surface area (Å²) in [6.07, 6.45) is 8.95. The monoisotopic (exact) mass is 167 g/mol. The molecule has 0 aliphatic rings. The van der Waals surface area contributed by atoms with Crippen LogP contribution in [-0.2, 0) is 4.79 Å². The highest BCUT2D eigenvalue weighted by atomic mass is 16.2. The van der Waals surface area contributed by atoms with E-state index in [2.05, 4.69) is 12.8 Å². The number of rotatable bonds is 5. The number of nitrogens with zero attached hydrogens (tertiary/aromatic N) is 1. The maximum absolute atomic E-state index is 11.2. The fourth-order valence-electron chi connectivity index (χ4n) is 0.942. The van der Waals surface area contributed by atoms with Crippen molar-refractivity contribution < 1.29 is 4.79 Å². The molecule has 1 amide bonds. The summed E-state index contributed by atoms with van der Waals surface area (Å²) < 4.78 is 0. The van der Waals surface area contributed by atoms with Gasteiger partial charge in [-0.1, -0.05) is 25.7 Å². The molecule has 0 radical (unpaired) electrons. The van der Waals surface area contributed by atoms with Crippen molar-refractivity contribution in [3.63, 3.8) is 0 Å². The van der Waals surface area contributed by atoms with Crippen molar-refractivity contribution >= 4 is 5.91 Å². The summed E-state index contributed by atoms with van der Waals surface area (Å²) in [5.41, 5.74) is 0. The first-order chi connectivity index (χ1) is 5.72. The highest BCUT2D eigenvalue weighted by molar-refractivity contribution is 5.76. The zero-order valence-corrected chi connectivity index (χ0v) is 7.97. The maximum atomic E-state index is 11.2. The Morgan fingerprint density at radius 1 is 1.50 bits per heavy atom. The SMILES string of the molecule is C#CCN(C)C(=O)CCCCC. The minimum atomic E-state index is 0.154. The molecule has 68 valence electrons. The van der Waals surface area contributed by atoms with E-state index in [0.717, 1.165) is 19.3 Å². The van der Waals surface area contributed by atoms with Crippen molar-refractivity contribution in [2.24, 2.45) is 0 Å². The summed E-state index contributed by atoms with van der Waals surface area (Å²) in [4.78, 5) is 12.8. The quantitative estimate of drug-likeness (QED) is 0.450. The second-order valence-electron chi connectivity index (χ2n) is 2.91. The van der Waals surface area contributed by atoms with E-state index in [0.29, 0.717) is 13.0 Å². The lowest BCUT2D eigenvalue weighted by atomic mass is 10.2. The summed E-state index contributed by atoms with van der Waals surface area (Å²) in [5.74, 6) is 2.60.